The van der Waals surface area contributed by atoms with E-state index >= 15 is 0 Å². The lowest BCUT2D eigenvalue weighted by Gasteiger charge is -2.16. The first-order valence-electron chi connectivity index (χ1n) is 8.01. The van der Waals surface area contributed by atoms with E-state index in [2.05, 4.69) is 61.5 Å². The maximum absolute atomic E-state index is 6.38. The lowest BCUT2D eigenvalue weighted by atomic mass is 9.96. The van der Waals surface area contributed by atoms with E-state index in [0.717, 1.165) is 35.9 Å². The van der Waals surface area contributed by atoms with Crippen LogP contribution in [-0.2, 0) is 13.6 Å². The molecule has 0 aliphatic carbocycles. The molecule has 0 bridgehead atoms. The number of halogens is 1. The van der Waals surface area contributed by atoms with Crippen molar-refractivity contribution in [3.8, 4) is 0 Å². The van der Waals surface area contributed by atoms with Gasteiger partial charge in [-0.25, -0.2) is 0 Å². The Kier molecular flexibility index (Phi) is 6.04. The van der Waals surface area contributed by atoms with Gasteiger partial charge in [0.15, 0.2) is 0 Å². The van der Waals surface area contributed by atoms with Gasteiger partial charge in [-0.1, -0.05) is 62.7 Å². The molecule has 2 aromatic rings. The number of benzene rings is 1. The van der Waals surface area contributed by atoms with Crippen LogP contribution in [-0.4, -0.2) is 16.3 Å². The zero-order valence-corrected chi connectivity index (χ0v) is 14.7. The molecule has 0 amide bonds. The Morgan fingerprint density at radius 1 is 1.23 bits per heavy atom. The molecule has 1 aromatic heterocycles. The summed E-state index contributed by atoms with van der Waals surface area (Å²) in [6.45, 7) is 8.25. The molecule has 0 saturated heterocycles. The van der Waals surface area contributed by atoms with Crippen molar-refractivity contribution in [2.24, 2.45) is 7.05 Å². The van der Waals surface area contributed by atoms with E-state index in [9.17, 15) is 0 Å². The van der Waals surface area contributed by atoms with Crippen LogP contribution in [0, 0.1) is 0 Å². The first-order chi connectivity index (χ1) is 10.5. The van der Waals surface area contributed by atoms with Crippen LogP contribution < -0.4 is 5.32 Å². The van der Waals surface area contributed by atoms with E-state index in [-0.39, 0.29) is 0 Å². The smallest absolute Gasteiger partial charge is 0.131 e. The van der Waals surface area contributed by atoms with Gasteiger partial charge >= 0.3 is 0 Å². The van der Waals surface area contributed by atoms with E-state index < -0.39 is 0 Å². The van der Waals surface area contributed by atoms with Gasteiger partial charge in [-0.3, -0.25) is 4.68 Å². The van der Waals surface area contributed by atoms with Crippen molar-refractivity contribution in [2.45, 2.75) is 45.6 Å². The van der Waals surface area contributed by atoms with Crippen LogP contribution in [0.1, 0.15) is 55.8 Å². The summed E-state index contributed by atoms with van der Waals surface area (Å²) in [5.41, 5.74) is 3.61. The Bertz CT molecular complexity index is 590. The van der Waals surface area contributed by atoms with E-state index in [4.69, 9.17) is 11.6 Å². The normalized spacial score (nSPS) is 12.8. The van der Waals surface area contributed by atoms with Crippen LogP contribution in [0.15, 0.2) is 30.3 Å². The fourth-order valence-corrected chi connectivity index (χ4v) is 2.99. The van der Waals surface area contributed by atoms with E-state index in [1.165, 1.54) is 5.56 Å². The Morgan fingerprint density at radius 2 is 1.91 bits per heavy atom. The number of nitrogens with one attached hydrogen (secondary N) is 1. The average molecular weight is 320 g/mol. The van der Waals surface area contributed by atoms with Crippen molar-refractivity contribution in [1.29, 1.82) is 0 Å². The lowest BCUT2D eigenvalue weighted by molar-refractivity contribution is 0.567. The summed E-state index contributed by atoms with van der Waals surface area (Å²) in [4.78, 5) is 0. The van der Waals surface area contributed by atoms with Gasteiger partial charge in [-0.05, 0) is 23.8 Å². The van der Waals surface area contributed by atoms with Crippen molar-refractivity contribution in [3.63, 3.8) is 0 Å². The molecule has 0 saturated carbocycles. The van der Waals surface area contributed by atoms with Gasteiger partial charge in [-0.15, -0.1) is 0 Å². The molecule has 22 heavy (non-hydrogen) atoms. The van der Waals surface area contributed by atoms with Crippen LogP contribution in [0.3, 0.4) is 0 Å². The number of aromatic nitrogens is 2. The molecule has 1 heterocycles. The molecule has 120 valence electrons. The van der Waals surface area contributed by atoms with E-state index in [1.807, 2.05) is 7.05 Å². The van der Waals surface area contributed by atoms with Gasteiger partial charge in [0.05, 0.1) is 5.69 Å². The van der Waals surface area contributed by atoms with Gasteiger partial charge in [0.1, 0.15) is 5.15 Å². The molecule has 0 unspecified atom stereocenters. The Balaban J connectivity index is 2.01. The molecule has 2 rings (SSSR count). The molecule has 0 aliphatic heterocycles. The number of rotatable bonds is 7. The summed E-state index contributed by atoms with van der Waals surface area (Å²) in [7, 11) is 1.90. The summed E-state index contributed by atoms with van der Waals surface area (Å²) >= 11 is 6.38. The monoisotopic (exact) mass is 319 g/mol. The number of aryl methyl sites for hydroxylation is 1. The Hall–Kier alpha value is -1.32. The second kappa shape index (κ2) is 7.80. The van der Waals surface area contributed by atoms with Gasteiger partial charge in [0.2, 0.25) is 0 Å². The number of hydrogen-bond donors (Lipinski definition) is 1. The summed E-state index contributed by atoms with van der Waals surface area (Å²) in [6, 6.07) is 10.7. The van der Waals surface area contributed by atoms with Crippen molar-refractivity contribution in [2.75, 3.05) is 6.54 Å². The zero-order valence-electron chi connectivity index (χ0n) is 13.9. The molecular formula is C18H26ClN3. The Labute approximate surface area is 138 Å². The molecule has 3 nitrogen and oxygen atoms in total. The Morgan fingerprint density at radius 3 is 2.50 bits per heavy atom. The highest BCUT2D eigenvalue weighted by atomic mass is 35.5. The zero-order chi connectivity index (χ0) is 16.1. The minimum absolute atomic E-state index is 0.381. The fourth-order valence-electron chi connectivity index (χ4n) is 2.79. The highest BCUT2D eigenvalue weighted by molar-refractivity contribution is 6.30. The summed E-state index contributed by atoms with van der Waals surface area (Å²) in [5, 5.41) is 8.83. The van der Waals surface area contributed by atoms with Crippen LogP contribution in [0.2, 0.25) is 5.15 Å². The van der Waals surface area contributed by atoms with Crippen LogP contribution in [0.5, 0.6) is 0 Å². The molecule has 0 fully saturated rings. The molecule has 1 aromatic carbocycles. The van der Waals surface area contributed by atoms with Gasteiger partial charge in [0.25, 0.3) is 0 Å². The highest BCUT2D eigenvalue weighted by Gasteiger charge is 2.17. The fraction of sp³-hybridized carbons (Fsp3) is 0.500. The molecule has 1 atom stereocenters. The topological polar surface area (TPSA) is 29.9 Å². The maximum Gasteiger partial charge on any atom is 0.131 e. The van der Waals surface area contributed by atoms with Gasteiger partial charge in [-0.2, -0.15) is 5.10 Å². The second-order valence-corrected chi connectivity index (χ2v) is 6.44. The van der Waals surface area contributed by atoms with Crippen LogP contribution in [0.25, 0.3) is 0 Å². The van der Waals surface area contributed by atoms with Crippen molar-refractivity contribution < 1.29 is 0 Å². The summed E-state index contributed by atoms with van der Waals surface area (Å²) < 4.78 is 1.77. The summed E-state index contributed by atoms with van der Waals surface area (Å²) in [6.07, 6.45) is 1.12. The SMILES string of the molecule is CC[C@H](CNCc1c(C(C)C)nn(C)c1Cl)c1ccccc1. The molecule has 0 spiro atoms. The first-order valence-corrected chi connectivity index (χ1v) is 8.39. The highest BCUT2D eigenvalue weighted by Crippen LogP contribution is 2.25. The van der Waals surface area contributed by atoms with E-state index in [1.54, 1.807) is 4.68 Å². The quantitative estimate of drug-likeness (QED) is 0.815. The largest absolute Gasteiger partial charge is 0.312 e. The third-order valence-corrected chi connectivity index (χ3v) is 4.58. The predicted octanol–water partition coefficient (Wildman–Crippen LogP) is 4.48. The summed E-state index contributed by atoms with van der Waals surface area (Å²) in [5.74, 6) is 0.908. The van der Waals surface area contributed by atoms with Crippen LogP contribution >= 0.6 is 11.6 Å². The number of hydrogen-bond acceptors (Lipinski definition) is 2. The third-order valence-electron chi connectivity index (χ3n) is 4.10. The van der Waals surface area contributed by atoms with Crippen LogP contribution in [0.4, 0.5) is 0 Å². The molecule has 0 aliphatic rings. The predicted molar refractivity (Wildman–Crippen MR) is 93.5 cm³/mol. The molecule has 1 N–H and O–H groups in total. The van der Waals surface area contributed by atoms with E-state index in [0.29, 0.717) is 11.8 Å². The van der Waals surface area contributed by atoms with Crippen molar-refractivity contribution in [3.05, 3.63) is 52.3 Å². The van der Waals surface area contributed by atoms with Gasteiger partial charge in [0, 0.05) is 25.7 Å². The number of nitrogens with zero attached hydrogens (tertiary/aromatic N) is 2. The first kappa shape index (κ1) is 17.0. The maximum atomic E-state index is 6.38. The minimum Gasteiger partial charge on any atom is -0.312 e. The van der Waals surface area contributed by atoms with Crippen molar-refractivity contribution in [1.82, 2.24) is 15.1 Å². The van der Waals surface area contributed by atoms with Gasteiger partial charge < -0.3 is 5.32 Å². The molecule has 0 radical (unpaired) electrons. The molecule has 4 heteroatoms. The molecular weight excluding hydrogens is 294 g/mol. The lowest BCUT2D eigenvalue weighted by Crippen LogP contribution is -2.21. The second-order valence-electron chi connectivity index (χ2n) is 6.08. The average Bonchev–Trinajstić information content (AvgIpc) is 2.81. The standard InChI is InChI=1S/C18H26ClN3/c1-5-14(15-9-7-6-8-10-15)11-20-12-16-17(13(2)3)21-22(4)18(16)19/h6-10,13-14,20H,5,11-12H2,1-4H3/t14-/m1/s1. The van der Waals surface area contributed by atoms with Crippen molar-refractivity contribution >= 4 is 11.6 Å². The minimum atomic E-state index is 0.381. The third kappa shape index (κ3) is 3.90.